The summed E-state index contributed by atoms with van der Waals surface area (Å²) in [6.45, 7) is 0.655. The molecule has 0 unspecified atom stereocenters. The van der Waals surface area contributed by atoms with Crippen molar-refractivity contribution in [1.82, 2.24) is 10.3 Å². The fourth-order valence-corrected chi connectivity index (χ4v) is 3.51. The minimum atomic E-state index is -4.80. The lowest BCUT2D eigenvalue weighted by molar-refractivity contribution is -0.137. The number of aliphatic carboxylic acids is 1. The summed E-state index contributed by atoms with van der Waals surface area (Å²) in [7, 11) is 0. The number of aromatic nitrogens is 1. The fourth-order valence-electron chi connectivity index (χ4n) is 3.51. The van der Waals surface area contributed by atoms with Crippen LogP contribution >= 0.6 is 0 Å². The van der Waals surface area contributed by atoms with E-state index in [0.29, 0.717) is 23.7 Å². The molecule has 0 bridgehead atoms. The first-order chi connectivity index (χ1) is 16.1. The van der Waals surface area contributed by atoms with Gasteiger partial charge in [0.1, 0.15) is 17.2 Å². The molecule has 1 aromatic heterocycles. The molecule has 34 heavy (non-hydrogen) atoms. The zero-order valence-corrected chi connectivity index (χ0v) is 17.4. The Morgan fingerprint density at radius 2 is 1.71 bits per heavy atom. The van der Waals surface area contributed by atoms with Crippen LogP contribution in [0.5, 0.6) is 0 Å². The molecule has 2 N–H and O–H groups in total. The van der Waals surface area contributed by atoms with Gasteiger partial charge in [-0.2, -0.15) is 13.2 Å². The standard InChI is InChI=1S/C24H17F5N2O3/c25-16-8-15(9-17(26)11-16)18-3-2-14(10-19(18)24(27,28)29)23-31-20-7-13(1-4-21(20)34-23)12-30-6-5-22(32)33/h1-4,7-11,30H,5-6,12H2,(H,32,33). The highest BCUT2D eigenvalue weighted by atomic mass is 19.4. The second-order valence-electron chi connectivity index (χ2n) is 7.56. The molecule has 0 aliphatic rings. The Labute approximate surface area is 189 Å². The molecule has 0 amide bonds. The van der Waals surface area contributed by atoms with E-state index in [4.69, 9.17) is 9.52 Å². The molecule has 0 radical (unpaired) electrons. The number of carbonyl (C=O) groups is 1. The number of carboxylic acid groups (broad SMARTS) is 1. The van der Waals surface area contributed by atoms with Crippen molar-refractivity contribution in [2.24, 2.45) is 0 Å². The van der Waals surface area contributed by atoms with Gasteiger partial charge in [0.05, 0.1) is 12.0 Å². The number of fused-ring (bicyclic) bond motifs is 1. The van der Waals surface area contributed by atoms with Crippen molar-refractivity contribution in [2.75, 3.05) is 6.54 Å². The van der Waals surface area contributed by atoms with E-state index in [-0.39, 0.29) is 35.5 Å². The van der Waals surface area contributed by atoms with Crippen LogP contribution in [0, 0.1) is 11.6 Å². The number of halogens is 5. The predicted molar refractivity (Wildman–Crippen MR) is 114 cm³/mol. The number of benzene rings is 3. The first-order valence-corrected chi connectivity index (χ1v) is 10.1. The first kappa shape index (κ1) is 23.4. The zero-order valence-electron chi connectivity index (χ0n) is 17.4. The molecule has 0 spiro atoms. The third kappa shape index (κ3) is 5.23. The van der Waals surface area contributed by atoms with Gasteiger partial charge in [-0.1, -0.05) is 12.1 Å². The Kier molecular flexibility index (Phi) is 6.34. The Morgan fingerprint density at radius 1 is 0.971 bits per heavy atom. The van der Waals surface area contributed by atoms with E-state index in [1.807, 2.05) is 0 Å². The number of oxazole rings is 1. The number of nitrogens with zero attached hydrogens (tertiary/aromatic N) is 1. The number of hydrogen-bond acceptors (Lipinski definition) is 4. The zero-order chi connectivity index (χ0) is 24.5. The molecular weight excluding hydrogens is 459 g/mol. The quantitative estimate of drug-likeness (QED) is 0.252. The normalized spacial score (nSPS) is 11.8. The molecular formula is C24H17F5N2O3. The van der Waals surface area contributed by atoms with Crippen molar-refractivity contribution < 1.29 is 36.3 Å². The van der Waals surface area contributed by atoms with Crippen LogP contribution in [0.1, 0.15) is 17.5 Å². The van der Waals surface area contributed by atoms with Gasteiger partial charge in [0.15, 0.2) is 5.58 Å². The van der Waals surface area contributed by atoms with Crippen molar-refractivity contribution >= 4 is 17.1 Å². The summed E-state index contributed by atoms with van der Waals surface area (Å²) in [6, 6.07) is 10.6. The Morgan fingerprint density at radius 3 is 2.38 bits per heavy atom. The average molecular weight is 476 g/mol. The largest absolute Gasteiger partial charge is 0.481 e. The van der Waals surface area contributed by atoms with E-state index in [0.717, 1.165) is 29.8 Å². The smallest absolute Gasteiger partial charge is 0.417 e. The summed E-state index contributed by atoms with van der Waals surface area (Å²) in [5.41, 5.74) is -0.0935. The third-order valence-electron chi connectivity index (χ3n) is 5.04. The second-order valence-corrected chi connectivity index (χ2v) is 7.56. The van der Waals surface area contributed by atoms with Gasteiger partial charge in [-0.05, 0) is 53.1 Å². The SMILES string of the molecule is O=C(O)CCNCc1ccc2oc(-c3ccc(-c4cc(F)cc(F)c4)c(C(F)(F)F)c3)nc2c1. The number of hydrogen-bond donors (Lipinski definition) is 2. The molecule has 0 fully saturated rings. The average Bonchev–Trinajstić information content (AvgIpc) is 3.18. The number of carboxylic acids is 1. The van der Waals surface area contributed by atoms with Crippen LogP contribution in [0.25, 0.3) is 33.7 Å². The van der Waals surface area contributed by atoms with Gasteiger partial charge < -0.3 is 14.8 Å². The second kappa shape index (κ2) is 9.22. The van der Waals surface area contributed by atoms with E-state index in [1.54, 1.807) is 18.2 Å². The Hall–Kier alpha value is -3.79. The van der Waals surface area contributed by atoms with E-state index in [9.17, 15) is 26.7 Å². The third-order valence-corrected chi connectivity index (χ3v) is 5.04. The van der Waals surface area contributed by atoms with Gasteiger partial charge in [0, 0.05) is 24.7 Å². The fraction of sp³-hybridized carbons (Fsp3) is 0.167. The minimum Gasteiger partial charge on any atom is -0.481 e. The van der Waals surface area contributed by atoms with Crippen LogP contribution < -0.4 is 5.32 Å². The van der Waals surface area contributed by atoms with Crippen LogP contribution in [-0.2, 0) is 17.5 Å². The van der Waals surface area contributed by atoms with Gasteiger partial charge in [0.2, 0.25) is 5.89 Å². The lowest BCUT2D eigenvalue weighted by Crippen LogP contribution is -2.17. The summed E-state index contributed by atoms with van der Waals surface area (Å²) in [5, 5.41) is 11.6. The molecule has 0 saturated carbocycles. The first-order valence-electron chi connectivity index (χ1n) is 10.1. The summed E-state index contributed by atoms with van der Waals surface area (Å²) >= 11 is 0. The lowest BCUT2D eigenvalue weighted by Gasteiger charge is -2.14. The maximum Gasteiger partial charge on any atom is 0.417 e. The van der Waals surface area contributed by atoms with E-state index >= 15 is 0 Å². The number of alkyl halides is 3. The van der Waals surface area contributed by atoms with Crippen LogP contribution in [-0.4, -0.2) is 22.6 Å². The molecule has 0 aliphatic carbocycles. The molecule has 1 heterocycles. The molecule has 0 aliphatic heterocycles. The summed E-state index contributed by atoms with van der Waals surface area (Å²) in [4.78, 5) is 14.9. The predicted octanol–water partition coefficient (Wildman–Crippen LogP) is 6.02. The highest BCUT2D eigenvalue weighted by molar-refractivity contribution is 5.78. The topological polar surface area (TPSA) is 75.4 Å². The molecule has 4 rings (SSSR count). The van der Waals surface area contributed by atoms with Gasteiger partial charge in [-0.3, -0.25) is 4.79 Å². The molecule has 0 atom stereocenters. The molecule has 0 saturated heterocycles. The summed E-state index contributed by atoms with van der Waals surface area (Å²) in [5.74, 6) is -2.94. The molecule has 10 heteroatoms. The van der Waals surface area contributed by atoms with Gasteiger partial charge in [0.25, 0.3) is 0 Å². The number of rotatable bonds is 7. The molecule has 5 nitrogen and oxygen atoms in total. The van der Waals surface area contributed by atoms with E-state index < -0.39 is 29.3 Å². The van der Waals surface area contributed by atoms with Crippen molar-refractivity contribution in [2.45, 2.75) is 19.1 Å². The van der Waals surface area contributed by atoms with Gasteiger partial charge >= 0.3 is 12.1 Å². The number of nitrogens with one attached hydrogen (secondary N) is 1. The maximum absolute atomic E-state index is 13.8. The van der Waals surface area contributed by atoms with E-state index in [2.05, 4.69) is 10.3 Å². The minimum absolute atomic E-state index is 0.0316. The van der Waals surface area contributed by atoms with E-state index in [1.165, 1.54) is 6.07 Å². The van der Waals surface area contributed by atoms with Crippen molar-refractivity contribution in [3.8, 4) is 22.6 Å². The Balaban J connectivity index is 1.67. The van der Waals surface area contributed by atoms with Crippen LogP contribution in [0.15, 0.2) is 59.0 Å². The summed E-state index contributed by atoms with van der Waals surface area (Å²) in [6.07, 6.45) is -4.83. The maximum atomic E-state index is 13.8. The van der Waals surface area contributed by atoms with Gasteiger partial charge in [-0.15, -0.1) is 0 Å². The Bertz CT molecular complexity index is 1340. The lowest BCUT2D eigenvalue weighted by atomic mass is 9.96. The summed E-state index contributed by atoms with van der Waals surface area (Å²) < 4.78 is 74.2. The molecule has 176 valence electrons. The van der Waals surface area contributed by atoms with Crippen molar-refractivity contribution in [3.63, 3.8) is 0 Å². The van der Waals surface area contributed by atoms with Gasteiger partial charge in [-0.25, -0.2) is 13.8 Å². The van der Waals surface area contributed by atoms with Crippen LogP contribution in [0.4, 0.5) is 22.0 Å². The highest BCUT2D eigenvalue weighted by Crippen LogP contribution is 2.40. The molecule has 4 aromatic rings. The highest BCUT2D eigenvalue weighted by Gasteiger charge is 2.34. The van der Waals surface area contributed by atoms with Crippen molar-refractivity contribution in [1.29, 1.82) is 0 Å². The van der Waals surface area contributed by atoms with Crippen LogP contribution in [0.2, 0.25) is 0 Å². The van der Waals surface area contributed by atoms with Crippen LogP contribution in [0.3, 0.4) is 0 Å². The molecule has 3 aromatic carbocycles. The monoisotopic (exact) mass is 476 g/mol. The van der Waals surface area contributed by atoms with Crippen molar-refractivity contribution in [3.05, 3.63) is 77.4 Å².